The van der Waals surface area contributed by atoms with Gasteiger partial charge in [-0.1, -0.05) is 56.3 Å². The maximum absolute atomic E-state index is 4.10. The number of benzene rings is 1. The predicted molar refractivity (Wildman–Crippen MR) is 68.9 cm³/mol. The largest absolute Gasteiger partial charge is 0.0912 e. The molecule has 0 heterocycles. The van der Waals surface area contributed by atoms with Crippen LogP contribution >= 0.6 is 0 Å². The van der Waals surface area contributed by atoms with Gasteiger partial charge in [-0.15, -0.1) is 0 Å². The average Bonchev–Trinajstić information content (AvgIpc) is 2.27. The molecule has 0 saturated carbocycles. The Hall–Kier alpha value is -1.30. The van der Waals surface area contributed by atoms with E-state index in [0.717, 1.165) is 12.0 Å². The van der Waals surface area contributed by atoms with Crippen molar-refractivity contribution >= 4 is 5.57 Å². The molecule has 0 saturated heterocycles. The zero-order chi connectivity index (χ0) is 11.1. The van der Waals surface area contributed by atoms with Crippen LogP contribution in [0.1, 0.15) is 37.8 Å². The molecule has 0 radical (unpaired) electrons. The van der Waals surface area contributed by atoms with Crippen LogP contribution in [0.15, 0.2) is 43.0 Å². The van der Waals surface area contributed by atoms with Gasteiger partial charge in [-0.05, 0) is 36.5 Å². The van der Waals surface area contributed by atoms with E-state index in [1.165, 1.54) is 24.0 Å². The first kappa shape index (κ1) is 11.8. The van der Waals surface area contributed by atoms with Crippen molar-refractivity contribution in [3.63, 3.8) is 0 Å². The Kier molecular flexibility index (Phi) is 4.89. The summed E-state index contributed by atoms with van der Waals surface area (Å²) in [6.07, 6.45) is 7.76. The van der Waals surface area contributed by atoms with Crippen LogP contribution in [-0.4, -0.2) is 0 Å². The summed E-state index contributed by atoms with van der Waals surface area (Å²) in [4.78, 5) is 0. The van der Waals surface area contributed by atoms with Crippen molar-refractivity contribution in [1.82, 2.24) is 0 Å². The predicted octanol–water partition coefficient (Wildman–Crippen LogP) is 4.62. The Morgan fingerprint density at radius 1 is 1.33 bits per heavy atom. The van der Waals surface area contributed by atoms with Crippen molar-refractivity contribution in [2.45, 2.75) is 33.1 Å². The Morgan fingerprint density at radius 3 is 2.73 bits per heavy atom. The first-order valence-corrected chi connectivity index (χ1v) is 5.69. The summed E-state index contributed by atoms with van der Waals surface area (Å²) in [5.41, 5.74) is 3.83. The molecule has 0 bridgehead atoms. The van der Waals surface area contributed by atoms with Gasteiger partial charge in [-0.3, -0.25) is 0 Å². The molecule has 0 aliphatic heterocycles. The van der Waals surface area contributed by atoms with Crippen LogP contribution in [0.5, 0.6) is 0 Å². The van der Waals surface area contributed by atoms with Gasteiger partial charge < -0.3 is 0 Å². The minimum Gasteiger partial charge on any atom is -0.0912 e. The molecule has 0 heteroatoms. The minimum absolute atomic E-state index is 1.12. The summed E-state index contributed by atoms with van der Waals surface area (Å²) in [6.45, 7) is 8.35. The molecule has 1 aromatic carbocycles. The molecule has 80 valence electrons. The van der Waals surface area contributed by atoms with E-state index in [-0.39, 0.29) is 0 Å². The fraction of sp³-hybridized carbons (Fsp3) is 0.333. The highest BCUT2D eigenvalue weighted by atomic mass is 14.1. The Bertz CT molecular complexity index is 345. The lowest BCUT2D eigenvalue weighted by atomic mass is 9.97. The summed E-state index contributed by atoms with van der Waals surface area (Å²) in [5.74, 6) is 0. The molecule has 0 fully saturated rings. The summed E-state index contributed by atoms with van der Waals surface area (Å²) >= 11 is 0. The Balaban J connectivity index is 2.90. The Labute approximate surface area is 93.3 Å². The van der Waals surface area contributed by atoms with Crippen molar-refractivity contribution in [3.8, 4) is 0 Å². The first-order chi connectivity index (χ1) is 7.29. The fourth-order valence-electron chi connectivity index (χ4n) is 1.71. The molecule has 0 aliphatic rings. The number of hydrogen-bond acceptors (Lipinski definition) is 0. The van der Waals surface area contributed by atoms with Gasteiger partial charge in [-0.2, -0.15) is 0 Å². The number of unbranched alkanes of at least 4 members (excludes halogenated alkanes) is 1. The van der Waals surface area contributed by atoms with Gasteiger partial charge >= 0.3 is 0 Å². The van der Waals surface area contributed by atoms with Crippen LogP contribution in [0.3, 0.4) is 0 Å². The lowest BCUT2D eigenvalue weighted by Gasteiger charge is -2.08. The van der Waals surface area contributed by atoms with Crippen LogP contribution < -0.4 is 0 Å². The van der Waals surface area contributed by atoms with Crippen LogP contribution in [-0.2, 0) is 6.42 Å². The molecule has 0 amide bonds. The van der Waals surface area contributed by atoms with E-state index in [9.17, 15) is 0 Å². The van der Waals surface area contributed by atoms with Crippen LogP contribution in [0.4, 0.5) is 0 Å². The normalized spacial score (nSPS) is 10.8. The van der Waals surface area contributed by atoms with Crippen LogP contribution in [0.25, 0.3) is 5.57 Å². The van der Waals surface area contributed by atoms with Gasteiger partial charge in [0.1, 0.15) is 0 Å². The lowest BCUT2D eigenvalue weighted by molar-refractivity contribution is 0.794. The van der Waals surface area contributed by atoms with Gasteiger partial charge in [0.15, 0.2) is 0 Å². The standard InChI is InChI=1S/C15H20/c1-4-6-10-14-11-7-8-12-15(14)13(3)9-5-2/h5,7-9,11-12H,3-4,6,10H2,1-2H3/b9-5-. The van der Waals surface area contributed by atoms with Crippen molar-refractivity contribution in [2.75, 3.05) is 0 Å². The molecule has 1 rings (SSSR count). The highest BCUT2D eigenvalue weighted by Crippen LogP contribution is 2.20. The molecule has 0 nitrogen and oxygen atoms in total. The van der Waals surface area contributed by atoms with E-state index in [1.54, 1.807) is 0 Å². The van der Waals surface area contributed by atoms with E-state index in [1.807, 2.05) is 13.0 Å². The molecule has 0 unspecified atom stereocenters. The quantitative estimate of drug-likeness (QED) is 0.608. The Morgan fingerprint density at radius 2 is 2.07 bits per heavy atom. The second kappa shape index (κ2) is 6.23. The molecule has 1 aromatic rings. The SMILES string of the molecule is C=C(/C=C\C)c1ccccc1CCCC. The van der Waals surface area contributed by atoms with E-state index in [0.29, 0.717) is 0 Å². The summed E-state index contributed by atoms with van der Waals surface area (Å²) in [5, 5.41) is 0. The summed E-state index contributed by atoms with van der Waals surface area (Å²) < 4.78 is 0. The molecule has 15 heavy (non-hydrogen) atoms. The van der Waals surface area contributed by atoms with Gasteiger partial charge in [0.2, 0.25) is 0 Å². The second-order valence-electron chi connectivity index (χ2n) is 3.79. The van der Waals surface area contributed by atoms with E-state index in [4.69, 9.17) is 0 Å². The lowest BCUT2D eigenvalue weighted by Crippen LogP contribution is -1.91. The van der Waals surface area contributed by atoms with Crippen molar-refractivity contribution in [1.29, 1.82) is 0 Å². The average molecular weight is 200 g/mol. The number of aryl methyl sites for hydroxylation is 1. The number of allylic oxidation sites excluding steroid dienone is 3. The molecule has 0 atom stereocenters. The topological polar surface area (TPSA) is 0 Å². The first-order valence-electron chi connectivity index (χ1n) is 5.69. The smallest absolute Gasteiger partial charge is 0.0158 e. The third kappa shape index (κ3) is 3.39. The monoisotopic (exact) mass is 200 g/mol. The second-order valence-corrected chi connectivity index (χ2v) is 3.79. The van der Waals surface area contributed by atoms with Crippen molar-refractivity contribution in [3.05, 3.63) is 54.1 Å². The van der Waals surface area contributed by atoms with Gasteiger partial charge in [0.25, 0.3) is 0 Å². The van der Waals surface area contributed by atoms with E-state index < -0.39 is 0 Å². The molecule has 0 aromatic heterocycles. The van der Waals surface area contributed by atoms with Gasteiger partial charge in [0, 0.05) is 0 Å². The molecule has 0 spiro atoms. The van der Waals surface area contributed by atoms with Crippen LogP contribution in [0.2, 0.25) is 0 Å². The summed E-state index contributed by atoms with van der Waals surface area (Å²) in [6, 6.07) is 8.56. The maximum Gasteiger partial charge on any atom is -0.0158 e. The minimum atomic E-state index is 1.12. The van der Waals surface area contributed by atoms with E-state index in [2.05, 4.69) is 43.8 Å². The van der Waals surface area contributed by atoms with Gasteiger partial charge in [0.05, 0.1) is 0 Å². The highest BCUT2D eigenvalue weighted by Gasteiger charge is 2.02. The maximum atomic E-state index is 4.10. The number of rotatable bonds is 5. The van der Waals surface area contributed by atoms with Crippen molar-refractivity contribution < 1.29 is 0 Å². The fourth-order valence-corrected chi connectivity index (χ4v) is 1.71. The zero-order valence-corrected chi connectivity index (χ0v) is 9.79. The molecule has 0 aliphatic carbocycles. The van der Waals surface area contributed by atoms with Crippen molar-refractivity contribution in [2.24, 2.45) is 0 Å². The zero-order valence-electron chi connectivity index (χ0n) is 9.79. The molecular weight excluding hydrogens is 180 g/mol. The third-order valence-corrected chi connectivity index (χ3v) is 2.53. The highest BCUT2D eigenvalue weighted by molar-refractivity contribution is 5.74. The molecule has 0 N–H and O–H groups in total. The molecular formula is C15H20. The third-order valence-electron chi connectivity index (χ3n) is 2.53. The van der Waals surface area contributed by atoms with Crippen LogP contribution in [0, 0.1) is 0 Å². The van der Waals surface area contributed by atoms with Gasteiger partial charge in [-0.25, -0.2) is 0 Å². The summed E-state index contributed by atoms with van der Waals surface area (Å²) in [7, 11) is 0. The van der Waals surface area contributed by atoms with E-state index >= 15 is 0 Å². The number of hydrogen-bond donors (Lipinski definition) is 0.